The monoisotopic (exact) mass is 464 g/mol. The van der Waals surface area contributed by atoms with E-state index in [1.807, 2.05) is 0 Å². The zero-order valence-corrected chi connectivity index (χ0v) is 19.3. The molecule has 1 aromatic heterocycles. The van der Waals surface area contributed by atoms with Crippen molar-refractivity contribution < 1.29 is 32.2 Å². The van der Waals surface area contributed by atoms with E-state index in [1.165, 1.54) is 24.4 Å². The summed E-state index contributed by atoms with van der Waals surface area (Å²) in [5.41, 5.74) is -0.563. The summed E-state index contributed by atoms with van der Waals surface area (Å²) in [6.07, 6.45) is -4.44. The molecular weight excluding hydrogens is 437 g/mol. The number of aromatic nitrogens is 1. The number of anilines is 1. The Kier molecular flexibility index (Phi) is 6.63. The molecule has 1 aromatic carbocycles. The SMILES string of the molecule is CC1=C(OC(=O)OC(C)(C)C)C(c2ccccc2C(F)(F)F)c2c(ccnc2OC(C)C)N1. The van der Waals surface area contributed by atoms with Gasteiger partial charge < -0.3 is 19.5 Å². The predicted octanol–water partition coefficient (Wildman–Crippen LogP) is 6.63. The first-order valence-corrected chi connectivity index (χ1v) is 10.5. The van der Waals surface area contributed by atoms with Crippen LogP contribution in [0, 0.1) is 0 Å². The molecule has 2 heterocycles. The van der Waals surface area contributed by atoms with Crippen molar-refractivity contribution in [3.8, 4) is 5.88 Å². The summed E-state index contributed by atoms with van der Waals surface area (Å²) in [5.74, 6) is -0.987. The maximum Gasteiger partial charge on any atom is 0.514 e. The lowest BCUT2D eigenvalue weighted by Gasteiger charge is -2.33. The molecule has 0 saturated heterocycles. The number of halogens is 3. The molecule has 3 rings (SSSR count). The summed E-state index contributed by atoms with van der Waals surface area (Å²) < 4.78 is 58.6. The molecule has 0 aliphatic carbocycles. The summed E-state index contributed by atoms with van der Waals surface area (Å²) in [7, 11) is 0. The molecule has 1 N–H and O–H groups in total. The number of pyridine rings is 1. The minimum atomic E-state index is -4.63. The van der Waals surface area contributed by atoms with Crippen molar-refractivity contribution in [1.82, 2.24) is 4.98 Å². The van der Waals surface area contributed by atoms with Crippen LogP contribution in [0.5, 0.6) is 5.88 Å². The molecule has 178 valence electrons. The lowest BCUT2D eigenvalue weighted by Crippen LogP contribution is -2.28. The lowest BCUT2D eigenvalue weighted by molar-refractivity contribution is -0.138. The van der Waals surface area contributed by atoms with Gasteiger partial charge in [-0.15, -0.1) is 0 Å². The Morgan fingerprint density at radius 2 is 1.79 bits per heavy atom. The smallest absolute Gasteiger partial charge is 0.475 e. The van der Waals surface area contributed by atoms with Crippen molar-refractivity contribution >= 4 is 11.8 Å². The molecule has 1 unspecified atom stereocenters. The highest BCUT2D eigenvalue weighted by Crippen LogP contribution is 2.49. The van der Waals surface area contributed by atoms with E-state index in [-0.39, 0.29) is 23.3 Å². The number of nitrogens with one attached hydrogen (secondary N) is 1. The van der Waals surface area contributed by atoms with Gasteiger partial charge in [0.1, 0.15) is 11.4 Å². The van der Waals surface area contributed by atoms with Gasteiger partial charge >= 0.3 is 12.3 Å². The number of carbonyl (C=O) groups is 1. The quantitative estimate of drug-likeness (QED) is 0.512. The Morgan fingerprint density at radius 1 is 1.12 bits per heavy atom. The largest absolute Gasteiger partial charge is 0.514 e. The van der Waals surface area contributed by atoms with Gasteiger partial charge in [0.25, 0.3) is 0 Å². The van der Waals surface area contributed by atoms with Crippen molar-refractivity contribution in [2.75, 3.05) is 5.32 Å². The van der Waals surface area contributed by atoms with Gasteiger partial charge in [0, 0.05) is 11.9 Å². The van der Waals surface area contributed by atoms with Gasteiger partial charge in [-0.1, -0.05) is 18.2 Å². The van der Waals surface area contributed by atoms with Crippen molar-refractivity contribution in [3.05, 3.63) is 64.7 Å². The van der Waals surface area contributed by atoms with Gasteiger partial charge in [0.15, 0.2) is 0 Å². The second kappa shape index (κ2) is 8.96. The molecule has 0 amide bonds. The van der Waals surface area contributed by atoms with E-state index in [4.69, 9.17) is 14.2 Å². The molecule has 0 fully saturated rings. The fraction of sp³-hybridized carbons (Fsp3) is 0.417. The maximum absolute atomic E-state index is 14.0. The number of hydrogen-bond acceptors (Lipinski definition) is 6. The molecule has 0 radical (unpaired) electrons. The second-order valence-corrected chi connectivity index (χ2v) is 8.94. The van der Waals surface area contributed by atoms with Gasteiger partial charge in [-0.05, 0) is 59.2 Å². The van der Waals surface area contributed by atoms with Crippen molar-refractivity contribution in [1.29, 1.82) is 0 Å². The molecule has 9 heteroatoms. The minimum absolute atomic E-state index is 0.0185. The zero-order valence-electron chi connectivity index (χ0n) is 19.3. The summed E-state index contributed by atoms with van der Waals surface area (Å²) >= 11 is 0. The Hall–Kier alpha value is -3.23. The van der Waals surface area contributed by atoms with E-state index in [2.05, 4.69) is 10.3 Å². The van der Waals surface area contributed by atoms with Gasteiger partial charge in [0.05, 0.1) is 28.8 Å². The highest BCUT2D eigenvalue weighted by Gasteiger charge is 2.41. The molecular formula is C24H27F3N2O4. The van der Waals surface area contributed by atoms with Gasteiger partial charge in [-0.25, -0.2) is 9.78 Å². The van der Waals surface area contributed by atoms with Crippen LogP contribution in [0.15, 0.2) is 48.0 Å². The minimum Gasteiger partial charge on any atom is -0.475 e. The van der Waals surface area contributed by atoms with E-state index in [0.717, 1.165) is 6.07 Å². The van der Waals surface area contributed by atoms with Gasteiger partial charge in [-0.2, -0.15) is 13.2 Å². The zero-order chi connectivity index (χ0) is 24.6. The van der Waals surface area contributed by atoms with E-state index in [0.29, 0.717) is 16.9 Å². The Labute approximate surface area is 190 Å². The summed E-state index contributed by atoms with van der Waals surface area (Å²) in [6.45, 7) is 10.2. The first-order valence-electron chi connectivity index (χ1n) is 10.5. The average molecular weight is 464 g/mol. The second-order valence-electron chi connectivity index (χ2n) is 8.94. The van der Waals surface area contributed by atoms with Crippen LogP contribution >= 0.6 is 0 Å². The highest BCUT2D eigenvalue weighted by atomic mass is 19.4. The Balaban J connectivity index is 2.24. The van der Waals surface area contributed by atoms with Crippen LogP contribution in [-0.4, -0.2) is 22.8 Å². The summed E-state index contributed by atoms with van der Waals surface area (Å²) in [4.78, 5) is 16.8. The molecule has 2 aromatic rings. The third-order valence-electron chi connectivity index (χ3n) is 4.70. The number of benzene rings is 1. The van der Waals surface area contributed by atoms with Crippen LogP contribution in [0.3, 0.4) is 0 Å². The number of alkyl halides is 3. The number of hydrogen-bond donors (Lipinski definition) is 1. The summed E-state index contributed by atoms with van der Waals surface area (Å²) in [5, 5.41) is 3.10. The fourth-order valence-corrected chi connectivity index (χ4v) is 3.57. The summed E-state index contributed by atoms with van der Waals surface area (Å²) in [6, 6.07) is 6.82. The molecule has 1 aliphatic rings. The normalized spacial score (nSPS) is 16.2. The molecule has 1 aliphatic heterocycles. The van der Waals surface area contributed by atoms with Crippen LogP contribution in [0.1, 0.15) is 64.2 Å². The van der Waals surface area contributed by atoms with E-state index < -0.39 is 29.4 Å². The maximum atomic E-state index is 14.0. The number of carbonyl (C=O) groups excluding carboxylic acids is 1. The fourth-order valence-electron chi connectivity index (χ4n) is 3.57. The number of allylic oxidation sites excluding steroid dienone is 2. The molecule has 33 heavy (non-hydrogen) atoms. The first kappa shape index (κ1) is 24.4. The Morgan fingerprint density at radius 3 is 2.39 bits per heavy atom. The average Bonchev–Trinajstić information content (AvgIpc) is 2.66. The molecule has 0 saturated carbocycles. The molecule has 6 nitrogen and oxygen atoms in total. The number of rotatable bonds is 4. The van der Waals surface area contributed by atoms with E-state index >= 15 is 0 Å². The standard InChI is InChI=1S/C24H27F3N2O4/c1-13(2)31-21-19-17(11-12-28-21)29-14(3)20(32-22(30)33-23(4,5)6)18(19)15-9-7-8-10-16(15)24(25,26)27/h7-13,18,29H,1-6H3. The van der Waals surface area contributed by atoms with Crippen molar-refractivity contribution in [2.24, 2.45) is 0 Å². The highest BCUT2D eigenvalue weighted by molar-refractivity contribution is 5.70. The topological polar surface area (TPSA) is 69.7 Å². The third-order valence-corrected chi connectivity index (χ3v) is 4.70. The van der Waals surface area contributed by atoms with Gasteiger partial charge in [0.2, 0.25) is 5.88 Å². The van der Waals surface area contributed by atoms with Crippen LogP contribution in [-0.2, 0) is 15.7 Å². The molecule has 1 atom stereocenters. The van der Waals surface area contributed by atoms with Crippen molar-refractivity contribution in [2.45, 2.75) is 65.3 Å². The van der Waals surface area contributed by atoms with E-state index in [9.17, 15) is 18.0 Å². The number of fused-ring (bicyclic) bond motifs is 1. The van der Waals surface area contributed by atoms with Crippen LogP contribution in [0.4, 0.5) is 23.7 Å². The van der Waals surface area contributed by atoms with Crippen LogP contribution < -0.4 is 10.1 Å². The van der Waals surface area contributed by atoms with Gasteiger partial charge in [-0.3, -0.25) is 0 Å². The first-order chi connectivity index (χ1) is 15.3. The molecule has 0 spiro atoms. The van der Waals surface area contributed by atoms with Crippen LogP contribution in [0.25, 0.3) is 0 Å². The molecule has 0 bridgehead atoms. The predicted molar refractivity (Wildman–Crippen MR) is 117 cm³/mol. The third kappa shape index (κ3) is 5.58. The number of nitrogens with zero attached hydrogens (tertiary/aromatic N) is 1. The van der Waals surface area contributed by atoms with Crippen LogP contribution in [0.2, 0.25) is 0 Å². The van der Waals surface area contributed by atoms with Crippen molar-refractivity contribution in [3.63, 3.8) is 0 Å². The number of ether oxygens (including phenoxy) is 3. The van der Waals surface area contributed by atoms with E-state index in [1.54, 1.807) is 47.6 Å². The lowest BCUT2D eigenvalue weighted by atomic mass is 9.83. The Bertz CT molecular complexity index is 1070.